The number of aromatic nitrogens is 1. The summed E-state index contributed by atoms with van der Waals surface area (Å²) in [4.78, 5) is 4.78. The Morgan fingerprint density at radius 1 is 1.07 bits per heavy atom. The van der Waals surface area contributed by atoms with Gasteiger partial charge in [0.25, 0.3) is 0 Å². The molecule has 0 amide bonds. The Morgan fingerprint density at radius 3 is 2.57 bits per heavy atom. The van der Waals surface area contributed by atoms with E-state index in [0.717, 1.165) is 10.9 Å². The van der Waals surface area contributed by atoms with Crippen LogP contribution in [0.1, 0.15) is 22.1 Å². The Kier molecular flexibility index (Phi) is 6.08. The molecular formula is C23H16ClF2NO2S. The normalized spacial score (nSPS) is 12.0. The second-order valence-electron chi connectivity index (χ2n) is 6.54. The summed E-state index contributed by atoms with van der Waals surface area (Å²) in [6, 6.07) is 13.8. The molecule has 0 aliphatic rings. The molecule has 152 valence electrons. The van der Waals surface area contributed by atoms with E-state index in [0.29, 0.717) is 27.5 Å². The average Bonchev–Trinajstić information content (AvgIpc) is 3.17. The van der Waals surface area contributed by atoms with E-state index in [2.05, 4.69) is 4.98 Å². The molecule has 4 aromatic rings. The first-order valence-electron chi connectivity index (χ1n) is 9.05. The third kappa shape index (κ3) is 4.36. The highest BCUT2D eigenvalue weighted by Gasteiger charge is 2.24. The lowest BCUT2D eigenvalue weighted by atomic mass is 9.95. The van der Waals surface area contributed by atoms with E-state index in [-0.39, 0.29) is 12.2 Å². The first-order chi connectivity index (χ1) is 14.5. The number of halogens is 3. The molecule has 7 heteroatoms. The number of pyridine rings is 1. The molecule has 0 aliphatic heterocycles. The van der Waals surface area contributed by atoms with Crippen molar-refractivity contribution in [2.45, 2.75) is 12.7 Å². The largest absolute Gasteiger partial charge is 0.488 e. The van der Waals surface area contributed by atoms with Crippen molar-refractivity contribution in [2.24, 2.45) is 0 Å². The fourth-order valence-electron chi connectivity index (χ4n) is 3.12. The summed E-state index contributed by atoms with van der Waals surface area (Å²) in [6.07, 6.45) is 2.11. The zero-order chi connectivity index (χ0) is 21.1. The number of benzene rings is 2. The fraction of sp³-hybridized carbons (Fsp3) is 0.0870. The van der Waals surface area contributed by atoms with Crippen molar-refractivity contribution >= 4 is 22.9 Å². The van der Waals surface area contributed by atoms with Crippen molar-refractivity contribution in [3.05, 3.63) is 105 Å². The number of aliphatic hydroxyl groups excluding tert-OH is 1. The summed E-state index contributed by atoms with van der Waals surface area (Å²) in [5.74, 6) is -0.742. The molecule has 2 aromatic carbocycles. The van der Waals surface area contributed by atoms with Gasteiger partial charge in [0.2, 0.25) is 0 Å². The minimum atomic E-state index is -1.05. The molecule has 0 saturated heterocycles. The summed E-state index contributed by atoms with van der Waals surface area (Å²) >= 11 is 7.24. The molecule has 2 aromatic heterocycles. The van der Waals surface area contributed by atoms with Gasteiger partial charge in [-0.15, -0.1) is 11.3 Å². The Hall–Kier alpha value is -2.80. The van der Waals surface area contributed by atoms with Crippen molar-refractivity contribution in [2.75, 3.05) is 0 Å². The van der Waals surface area contributed by atoms with Crippen LogP contribution in [-0.4, -0.2) is 10.1 Å². The van der Waals surface area contributed by atoms with Gasteiger partial charge in [-0.2, -0.15) is 0 Å². The highest BCUT2D eigenvalue weighted by atomic mass is 35.5. The second-order valence-corrected chi connectivity index (χ2v) is 7.94. The third-order valence-electron chi connectivity index (χ3n) is 4.59. The van der Waals surface area contributed by atoms with Gasteiger partial charge in [0, 0.05) is 50.6 Å². The summed E-state index contributed by atoms with van der Waals surface area (Å²) in [5.41, 5.74) is 1.77. The molecular weight excluding hydrogens is 428 g/mol. The third-order valence-corrected chi connectivity index (χ3v) is 5.82. The number of nitrogens with zero attached hydrogens (tertiary/aromatic N) is 1. The maximum Gasteiger partial charge on any atom is 0.133 e. The lowest BCUT2D eigenvalue weighted by Gasteiger charge is -2.16. The maximum absolute atomic E-state index is 14.5. The summed E-state index contributed by atoms with van der Waals surface area (Å²) < 4.78 is 33.8. The van der Waals surface area contributed by atoms with Gasteiger partial charge in [0.05, 0.1) is 0 Å². The van der Waals surface area contributed by atoms with Gasteiger partial charge in [0.15, 0.2) is 0 Å². The number of hydrogen-bond acceptors (Lipinski definition) is 4. The van der Waals surface area contributed by atoms with Crippen molar-refractivity contribution in [3.8, 4) is 16.9 Å². The molecule has 1 N–H and O–H groups in total. The van der Waals surface area contributed by atoms with Crippen LogP contribution in [0.25, 0.3) is 11.1 Å². The van der Waals surface area contributed by atoms with Crippen LogP contribution in [0.3, 0.4) is 0 Å². The zero-order valence-corrected chi connectivity index (χ0v) is 17.1. The minimum Gasteiger partial charge on any atom is -0.488 e. The predicted molar refractivity (Wildman–Crippen MR) is 114 cm³/mol. The lowest BCUT2D eigenvalue weighted by Crippen LogP contribution is -2.06. The highest BCUT2D eigenvalue weighted by Crippen LogP contribution is 2.40. The van der Waals surface area contributed by atoms with Gasteiger partial charge >= 0.3 is 0 Å². The topological polar surface area (TPSA) is 42.4 Å². The molecule has 0 aliphatic carbocycles. The molecule has 1 atom stereocenters. The van der Waals surface area contributed by atoms with Crippen molar-refractivity contribution < 1.29 is 18.6 Å². The molecule has 0 saturated carbocycles. The van der Waals surface area contributed by atoms with Gasteiger partial charge in [-0.05, 0) is 47.8 Å². The first kappa shape index (κ1) is 20.5. The van der Waals surface area contributed by atoms with Crippen molar-refractivity contribution in [3.63, 3.8) is 0 Å². The summed E-state index contributed by atoms with van der Waals surface area (Å²) in [5, 5.41) is 13.4. The monoisotopic (exact) mass is 443 g/mol. The van der Waals surface area contributed by atoms with Gasteiger partial charge in [-0.1, -0.05) is 17.7 Å². The fourth-order valence-corrected chi connectivity index (χ4v) is 4.23. The lowest BCUT2D eigenvalue weighted by molar-refractivity contribution is 0.216. The molecule has 30 heavy (non-hydrogen) atoms. The Morgan fingerprint density at radius 2 is 1.87 bits per heavy atom. The van der Waals surface area contributed by atoms with Crippen molar-refractivity contribution in [1.82, 2.24) is 4.98 Å². The number of aliphatic hydroxyl groups is 1. The number of thiophene rings is 1. The molecule has 2 heterocycles. The number of hydrogen-bond donors (Lipinski definition) is 1. The van der Waals surface area contributed by atoms with E-state index in [1.807, 2.05) is 0 Å². The molecule has 1 unspecified atom stereocenters. The van der Waals surface area contributed by atoms with E-state index in [1.54, 1.807) is 54.2 Å². The molecule has 0 spiro atoms. The standard InChI is InChI=1S/C23H16ClF2NO2S/c24-15-3-6-17(7-4-15)29-12-21-22(23(28)14-2-1-9-27-11-14)19(13-30-21)18-8-5-16(25)10-20(18)26/h1-11,13,23,28H,12H2. The van der Waals surface area contributed by atoms with Crippen LogP contribution in [0.2, 0.25) is 5.02 Å². The van der Waals surface area contributed by atoms with Gasteiger partial charge in [0.1, 0.15) is 30.1 Å². The Labute approximate surface area is 181 Å². The van der Waals surface area contributed by atoms with E-state index >= 15 is 0 Å². The van der Waals surface area contributed by atoms with E-state index in [9.17, 15) is 13.9 Å². The zero-order valence-electron chi connectivity index (χ0n) is 15.6. The first-order valence-corrected chi connectivity index (χ1v) is 10.3. The van der Waals surface area contributed by atoms with Crippen LogP contribution in [0.15, 0.2) is 72.4 Å². The van der Waals surface area contributed by atoms with Gasteiger partial charge < -0.3 is 9.84 Å². The highest BCUT2D eigenvalue weighted by molar-refractivity contribution is 7.10. The molecule has 3 nitrogen and oxygen atoms in total. The van der Waals surface area contributed by atoms with E-state index < -0.39 is 17.7 Å². The number of ether oxygens (including phenoxy) is 1. The van der Waals surface area contributed by atoms with E-state index in [1.165, 1.54) is 23.5 Å². The van der Waals surface area contributed by atoms with Gasteiger partial charge in [-0.3, -0.25) is 4.98 Å². The van der Waals surface area contributed by atoms with Crippen LogP contribution in [-0.2, 0) is 6.61 Å². The van der Waals surface area contributed by atoms with Crippen LogP contribution in [0, 0.1) is 11.6 Å². The van der Waals surface area contributed by atoms with Crippen LogP contribution < -0.4 is 4.74 Å². The Bertz CT molecular complexity index is 1150. The maximum atomic E-state index is 14.5. The summed E-state index contributed by atoms with van der Waals surface area (Å²) in [6.45, 7) is 0.168. The number of rotatable bonds is 6. The average molecular weight is 444 g/mol. The molecule has 0 bridgehead atoms. The molecule has 0 radical (unpaired) electrons. The van der Waals surface area contributed by atoms with E-state index in [4.69, 9.17) is 16.3 Å². The van der Waals surface area contributed by atoms with Crippen LogP contribution in [0.5, 0.6) is 5.75 Å². The van der Waals surface area contributed by atoms with Crippen LogP contribution in [0.4, 0.5) is 8.78 Å². The van der Waals surface area contributed by atoms with Crippen molar-refractivity contribution in [1.29, 1.82) is 0 Å². The quantitative estimate of drug-likeness (QED) is 0.375. The van der Waals surface area contributed by atoms with Crippen LogP contribution >= 0.6 is 22.9 Å². The SMILES string of the molecule is OC(c1cccnc1)c1c(-c2ccc(F)cc2F)csc1COc1ccc(Cl)cc1. The second kappa shape index (κ2) is 8.92. The molecule has 0 fully saturated rings. The Balaban J connectivity index is 1.74. The predicted octanol–water partition coefficient (Wildman–Crippen LogP) is 6.40. The summed E-state index contributed by atoms with van der Waals surface area (Å²) in [7, 11) is 0. The smallest absolute Gasteiger partial charge is 0.133 e. The minimum absolute atomic E-state index is 0.168. The van der Waals surface area contributed by atoms with Gasteiger partial charge in [-0.25, -0.2) is 8.78 Å². The molecule has 4 rings (SSSR count).